The maximum Gasteiger partial charge on any atom is 0.0619 e. The molecule has 1 N–H and O–H groups in total. The molecule has 0 spiro atoms. The third-order valence-corrected chi connectivity index (χ3v) is 5.18. The molecule has 3 nitrogen and oxygen atoms in total. The Labute approximate surface area is 127 Å². The molecular weight excluding hydrogens is 326 g/mol. The molecule has 1 fully saturated rings. The van der Waals surface area contributed by atoms with E-state index in [1.54, 1.807) is 11.3 Å². The van der Waals surface area contributed by atoms with Crippen LogP contribution in [0.25, 0.3) is 0 Å². The molecular formula is C14H22BrNO2S. The van der Waals surface area contributed by atoms with Gasteiger partial charge >= 0.3 is 0 Å². The molecule has 1 aromatic rings. The molecule has 2 heterocycles. The molecule has 0 bridgehead atoms. The van der Waals surface area contributed by atoms with Gasteiger partial charge in [0.05, 0.1) is 6.10 Å². The van der Waals surface area contributed by atoms with E-state index in [2.05, 4.69) is 39.6 Å². The van der Waals surface area contributed by atoms with E-state index in [0.717, 1.165) is 45.6 Å². The van der Waals surface area contributed by atoms with E-state index in [-0.39, 0.29) is 0 Å². The van der Waals surface area contributed by atoms with Crippen LogP contribution in [0.4, 0.5) is 0 Å². The van der Waals surface area contributed by atoms with Crippen molar-refractivity contribution < 1.29 is 9.47 Å². The highest BCUT2D eigenvalue weighted by molar-refractivity contribution is 9.10. The Balaban J connectivity index is 1.54. The van der Waals surface area contributed by atoms with Gasteiger partial charge in [-0.05, 0) is 54.7 Å². The van der Waals surface area contributed by atoms with Gasteiger partial charge in [0.2, 0.25) is 0 Å². The first-order valence-electron chi connectivity index (χ1n) is 6.92. The van der Waals surface area contributed by atoms with Crippen LogP contribution in [0.3, 0.4) is 0 Å². The van der Waals surface area contributed by atoms with E-state index in [0.29, 0.717) is 12.1 Å². The SMILES string of the molecule is C[C@H](NCCCOC1CCOCC1)c1cc(Br)cs1. The lowest BCUT2D eigenvalue weighted by atomic mass is 10.1. The second-order valence-corrected chi connectivity index (χ2v) is 6.74. The van der Waals surface area contributed by atoms with Gasteiger partial charge in [-0.1, -0.05) is 0 Å². The van der Waals surface area contributed by atoms with Crippen LogP contribution < -0.4 is 5.32 Å². The fourth-order valence-corrected chi connectivity index (χ4v) is 3.62. The van der Waals surface area contributed by atoms with Crippen LogP contribution in [-0.2, 0) is 9.47 Å². The molecule has 0 aliphatic carbocycles. The minimum absolute atomic E-state index is 0.416. The molecule has 2 rings (SSSR count). The van der Waals surface area contributed by atoms with Crippen molar-refractivity contribution >= 4 is 27.3 Å². The predicted octanol–water partition coefficient (Wildman–Crippen LogP) is 3.75. The first kappa shape index (κ1) is 15.4. The van der Waals surface area contributed by atoms with Gasteiger partial charge in [0.25, 0.3) is 0 Å². The van der Waals surface area contributed by atoms with Gasteiger partial charge in [0, 0.05) is 40.6 Å². The fourth-order valence-electron chi connectivity index (χ4n) is 2.14. The van der Waals surface area contributed by atoms with Crippen LogP contribution in [0, 0.1) is 0 Å². The van der Waals surface area contributed by atoms with E-state index in [4.69, 9.17) is 9.47 Å². The summed E-state index contributed by atoms with van der Waals surface area (Å²) in [7, 11) is 0. The Hall–Kier alpha value is 0.0600. The Bertz CT molecular complexity index is 366. The van der Waals surface area contributed by atoms with Gasteiger partial charge in [-0.3, -0.25) is 0 Å². The van der Waals surface area contributed by atoms with E-state index >= 15 is 0 Å². The average Bonchev–Trinajstić information content (AvgIpc) is 2.86. The number of hydrogen-bond acceptors (Lipinski definition) is 4. The third-order valence-electron chi connectivity index (χ3n) is 3.31. The van der Waals surface area contributed by atoms with Crippen molar-refractivity contribution in [3.8, 4) is 0 Å². The second-order valence-electron chi connectivity index (χ2n) is 4.88. The average molecular weight is 348 g/mol. The van der Waals surface area contributed by atoms with Crippen LogP contribution in [0.1, 0.15) is 37.1 Å². The van der Waals surface area contributed by atoms with Crippen molar-refractivity contribution in [1.82, 2.24) is 5.32 Å². The predicted molar refractivity (Wildman–Crippen MR) is 82.8 cm³/mol. The molecule has 1 atom stereocenters. The van der Waals surface area contributed by atoms with Crippen LogP contribution in [-0.4, -0.2) is 32.5 Å². The summed E-state index contributed by atoms with van der Waals surface area (Å²) < 4.78 is 12.3. The number of rotatable bonds is 7. The lowest BCUT2D eigenvalue weighted by molar-refractivity contribution is -0.0322. The molecule has 19 heavy (non-hydrogen) atoms. The van der Waals surface area contributed by atoms with Crippen LogP contribution in [0.2, 0.25) is 0 Å². The quantitative estimate of drug-likeness (QED) is 0.762. The molecule has 0 amide bonds. The standard InChI is InChI=1S/C14H22BrNO2S/c1-11(14-9-12(15)10-19-14)16-5-2-6-18-13-3-7-17-8-4-13/h9-11,13,16H,2-8H2,1H3/t11-/m0/s1. The Morgan fingerprint density at radius 2 is 2.32 bits per heavy atom. The van der Waals surface area contributed by atoms with Gasteiger partial charge in [0.15, 0.2) is 0 Å². The molecule has 0 aromatic carbocycles. The van der Waals surface area contributed by atoms with Gasteiger partial charge in [-0.25, -0.2) is 0 Å². The summed E-state index contributed by atoms with van der Waals surface area (Å²) in [6.45, 7) is 5.76. The van der Waals surface area contributed by atoms with E-state index in [9.17, 15) is 0 Å². The summed E-state index contributed by atoms with van der Waals surface area (Å²) >= 11 is 5.28. The molecule has 5 heteroatoms. The lowest BCUT2D eigenvalue weighted by Crippen LogP contribution is -2.25. The van der Waals surface area contributed by atoms with Gasteiger partial charge in [0.1, 0.15) is 0 Å². The minimum Gasteiger partial charge on any atom is -0.381 e. The van der Waals surface area contributed by atoms with Gasteiger partial charge < -0.3 is 14.8 Å². The first-order valence-corrected chi connectivity index (χ1v) is 8.59. The highest BCUT2D eigenvalue weighted by Gasteiger charge is 2.13. The first-order chi connectivity index (χ1) is 9.25. The summed E-state index contributed by atoms with van der Waals surface area (Å²) in [4.78, 5) is 1.37. The minimum atomic E-state index is 0.416. The molecule has 1 aliphatic rings. The largest absolute Gasteiger partial charge is 0.381 e. The molecule has 1 aliphatic heterocycles. The molecule has 0 unspecified atom stereocenters. The smallest absolute Gasteiger partial charge is 0.0619 e. The second kappa shape index (κ2) is 8.37. The van der Waals surface area contributed by atoms with Crippen LogP contribution in [0.5, 0.6) is 0 Å². The Morgan fingerprint density at radius 3 is 3.00 bits per heavy atom. The molecule has 0 saturated carbocycles. The highest BCUT2D eigenvalue weighted by atomic mass is 79.9. The summed E-state index contributed by atoms with van der Waals surface area (Å²) in [5.74, 6) is 0. The molecule has 1 aromatic heterocycles. The van der Waals surface area contributed by atoms with Crippen LogP contribution in [0.15, 0.2) is 15.9 Å². The van der Waals surface area contributed by atoms with Crippen LogP contribution >= 0.6 is 27.3 Å². The van der Waals surface area contributed by atoms with Gasteiger partial charge in [-0.2, -0.15) is 0 Å². The van der Waals surface area contributed by atoms with E-state index < -0.39 is 0 Å². The zero-order valence-corrected chi connectivity index (χ0v) is 13.8. The monoisotopic (exact) mass is 347 g/mol. The van der Waals surface area contributed by atoms with Crippen molar-refractivity contribution in [2.45, 2.75) is 38.3 Å². The number of nitrogens with one attached hydrogen (secondary N) is 1. The zero-order valence-electron chi connectivity index (χ0n) is 11.4. The Morgan fingerprint density at radius 1 is 1.53 bits per heavy atom. The zero-order chi connectivity index (χ0) is 13.5. The van der Waals surface area contributed by atoms with Crippen molar-refractivity contribution in [2.75, 3.05) is 26.4 Å². The number of ether oxygens (including phenoxy) is 2. The molecule has 108 valence electrons. The highest BCUT2D eigenvalue weighted by Crippen LogP contribution is 2.25. The van der Waals surface area contributed by atoms with Gasteiger partial charge in [-0.15, -0.1) is 11.3 Å². The summed E-state index contributed by atoms with van der Waals surface area (Å²) in [6, 6.07) is 2.60. The van der Waals surface area contributed by atoms with Crippen molar-refractivity contribution in [1.29, 1.82) is 0 Å². The third kappa shape index (κ3) is 5.52. The maximum absolute atomic E-state index is 5.85. The normalized spacial score (nSPS) is 18.6. The van der Waals surface area contributed by atoms with E-state index in [1.807, 2.05) is 0 Å². The lowest BCUT2D eigenvalue weighted by Gasteiger charge is -2.22. The Kier molecular flexibility index (Phi) is 6.81. The summed E-state index contributed by atoms with van der Waals surface area (Å²) in [5, 5.41) is 5.66. The van der Waals surface area contributed by atoms with E-state index in [1.165, 1.54) is 9.35 Å². The number of hydrogen-bond donors (Lipinski definition) is 1. The van der Waals surface area contributed by atoms with Crippen molar-refractivity contribution in [3.63, 3.8) is 0 Å². The number of thiophene rings is 1. The topological polar surface area (TPSA) is 30.5 Å². The van der Waals surface area contributed by atoms with Crippen molar-refractivity contribution in [2.24, 2.45) is 0 Å². The molecule has 0 radical (unpaired) electrons. The molecule has 1 saturated heterocycles. The van der Waals surface area contributed by atoms with Crippen molar-refractivity contribution in [3.05, 3.63) is 20.8 Å². The summed E-state index contributed by atoms with van der Waals surface area (Å²) in [5.41, 5.74) is 0. The number of halogens is 1. The fraction of sp³-hybridized carbons (Fsp3) is 0.714. The summed E-state index contributed by atoms with van der Waals surface area (Å²) in [6.07, 6.45) is 3.58. The maximum atomic E-state index is 5.85.